The fourth-order valence-electron chi connectivity index (χ4n) is 1.22. The Labute approximate surface area is 86.5 Å². The number of carbonyl (C=O) groups excluding carboxylic acids is 2. The molecule has 1 aromatic carbocycles. The zero-order valence-electron chi connectivity index (χ0n) is 7.84. The lowest BCUT2D eigenvalue weighted by atomic mass is 9.94. The molecule has 1 radical (unpaired) electrons. The molecule has 1 rings (SSSR count). The molecule has 15 heavy (non-hydrogen) atoms. The quantitative estimate of drug-likeness (QED) is 0.725. The molecule has 0 bridgehead atoms. The van der Waals surface area contributed by atoms with E-state index >= 15 is 0 Å². The first kappa shape index (κ1) is 11.1. The van der Waals surface area contributed by atoms with Gasteiger partial charge in [-0.1, -0.05) is 30.3 Å². The average molecular weight is 205 g/mol. The van der Waals surface area contributed by atoms with Crippen molar-refractivity contribution in [1.29, 1.82) is 0 Å². The van der Waals surface area contributed by atoms with Crippen LogP contribution in [0.1, 0.15) is 17.9 Å². The Bertz CT molecular complexity index is 369. The van der Waals surface area contributed by atoms with Crippen molar-refractivity contribution in [2.45, 2.75) is 12.3 Å². The highest BCUT2D eigenvalue weighted by Gasteiger charge is 2.22. The molecule has 0 amide bonds. The molecule has 1 N–H and O–H groups in total. The van der Waals surface area contributed by atoms with Crippen molar-refractivity contribution in [3.05, 3.63) is 35.9 Å². The zero-order chi connectivity index (χ0) is 11.3. The third-order valence-corrected chi connectivity index (χ3v) is 1.90. The molecule has 0 saturated heterocycles. The van der Waals surface area contributed by atoms with Crippen LogP contribution in [-0.4, -0.2) is 23.1 Å². The molecular weight excluding hydrogens is 196 g/mol. The van der Waals surface area contributed by atoms with Gasteiger partial charge in [0, 0.05) is 0 Å². The SMILES string of the molecule is O=[C]C(C(=O)CC(=O)O)c1ccccc1. The highest BCUT2D eigenvalue weighted by Crippen LogP contribution is 2.15. The van der Waals surface area contributed by atoms with Crippen molar-refractivity contribution in [2.24, 2.45) is 0 Å². The molecular formula is C11H9O4. The van der Waals surface area contributed by atoms with Gasteiger partial charge in [-0.2, -0.15) is 0 Å². The summed E-state index contributed by atoms with van der Waals surface area (Å²) in [6.45, 7) is 0. The van der Waals surface area contributed by atoms with E-state index in [9.17, 15) is 14.4 Å². The molecule has 0 aliphatic carbocycles. The summed E-state index contributed by atoms with van der Waals surface area (Å²) in [4.78, 5) is 32.2. The fourth-order valence-corrected chi connectivity index (χ4v) is 1.22. The molecule has 4 nitrogen and oxygen atoms in total. The van der Waals surface area contributed by atoms with Gasteiger partial charge in [0.1, 0.15) is 12.3 Å². The number of carbonyl (C=O) groups is 2. The van der Waals surface area contributed by atoms with Crippen LogP contribution < -0.4 is 0 Å². The van der Waals surface area contributed by atoms with Gasteiger partial charge in [-0.05, 0) is 5.56 Å². The lowest BCUT2D eigenvalue weighted by Crippen LogP contribution is -2.17. The predicted octanol–water partition coefficient (Wildman–Crippen LogP) is 0.924. The van der Waals surface area contributed by atoms with E-state index in [2.05, 4.69) is 0 Å². The average Bonchev–Trinajstić information content (AvgIpc) is 2.19. The van der Waals surface area contributed by atoms with Gasteiger partial charge in [0.25, 0.3) is 0 Å². The van der Waals surface area contributed by atoms with Gasteiger partial charge in [-0.3, -0.25) is 14.4 Å². The number of hydrogen-bond acceptors (Lipinski definition) is 3. The number of aliphatic carboxylic acids is 1. The maximum Gasteiger partial charge on any atom is 0.310 e. The van der Waals surface area contributed by atoms with E-state index in [1.165, 1.54) is 0 Å². The lowest BCUT2D eigenvalue weighted by Gasteiger charge is -2.06. The molecule has 0 aromatic heterocycles. The topological polar surface area (TPSA) is 71.4 Å². The van der Waals surface area contributed by atoms with Crippen molar-refractivity contribution in [1.82, 2.24) is 0 Å². The van der Waals surface area contributed by atoms with Crippen LogP contribution in [0.3, 0.4) is 0 Å². The maximum absolute atomic E-state index is 11.3. The maximum atomic E-state index is 11.3. The van der Waals surface area contributed by atoms with E-state index in [1.54, 1.807) is 36.6 Å². The number of carboxylic acids is 1. The summed E-state index contributed by atoms with van der Waals surface area (Å²) in [5.41, 5.74) is 0.471. The standard InChI is InChI=1S/C11H9O4/c12-7-9(10(13)6-11(14)15)8-4-2-1-3-5-8/h1-5,9H,6H2,(H,14,15). The smallest absolute Gasteiger partial charge is 0.310 e. The summed E-state index contributed by atoms with van der Waals surface area (Å²) in [6.07, 6.45) is 0.903. The Kier molecular flexibility index (Phi) is 3.74. The van der Waals surface area contributed by atoms with Gasteiger partial charge >= 0.3 is 5.97 Å². The van der Waals surface area contributed by atoms with Crippen LogP contribution in [0, 0.1) is 0 Å². The molecule has 1 atom stereocenters. The summed E-state index contributed by atoms with van der Waals surface area (Å²) in [7, 11) is 0. The number of benzene rings is 1. The van der Waals surface area contributed by atoms with Gasteiger partial charge < -0.3 is 5.11 Å². The number of Topliss-reactive ketones (excluding diaryl/α,β-unsaturated/α-hetero) is 1. The van der Waals surface area contributed by atoms with Crippen molar-refractivity contribution < 1.29 is 19.5 Å². The number of carboxylic acid groups (broad SMARTS) is 1. The Morgan fingerprint density at radius 3 is 2.33 bits per heavy atom. The summed E-state index contributed by atoms with van der Waals surface area (Å²) in [6, 6.07) is 8.28. The van der Waals surface area contributed by atoms with Gasteiger partial charge in [0.2, 0.25) is 6.29 Å². The van der Waals surface area contributed by atoms with Crippen molar-refractivity contribution in [3.8, 4) is 0 Å². The Hall–Kier alpha value is -1.97. The first-order chi connectivity index (χ1) is 7.15. The van der Waals surface area contributed by atoms with Crippen LogP contribution in [0.4, 0.5) is 0 Å². The number of hydrogen-bond donors (Lipinski definition) is 1. The summed E-state index contributed by atoms with van der Waals surface area (Å²) < 4.78 is 0. The van der Waals surface area contributed by atoms with E-state index in [0.717, 1.165) is 0 Å². The summed E-state index contributed by atoms with van der Waals surface area (Å²) in [5, 5.41) is 8.42. The van der Waals surface area contributed by atoms with Crippen LogP contribution in [0.15, 0.2) is 30.3 Å². The third kappa shape index (κ3) is 3.02. The highest BCUT2D eigenvalue weighted by molar-refractivity contribution is 6.06. The van der Waals surface area contributed by atoms with Crippen molar-refractivity contribution in [3.63, 3.8) is 0 Å². The predicted molar refractivity (Wildman–Crippen MR) is 52.1 cm³/mol. The van der Waals surface area contributed by atoms with Crippen molar-refractivity contribution in [2.75, 3.05) is 0 Å². The second kappa shape index (κ2) is 5.05. The van der Waals surface area contributed by atoms with Crippen LogP contribution in [0.2, 0.25) is 0 Å². The Morgan fingerprint density at radius 2 is 1.87 bits per heavy atom. The minimum Gasteiger partial charge on any atom is -0.481 e. The Balaban J connectivity index is 2.85. The first-order valence-corrected chi connectivity index (χ1v) is 4.32. The van der Waals surface area contributed by atoms with Crippen LogP contribution in [0.5, 0.6) is 0 Å². The minimum atomic E-state index is -1.24. The van der Waals surface area contributed by atoms with Crippen molar-refractivity contribution >= 4 is 18.0 Å². The second-order valence-corrected chi connectivity index (χ2v) is 3.00. The van der Waals surface area contributed by atoms with E-state index in [4.69, 9.17) is 5.11 Å². The van der Waals surface area contributed by atoms with Crippen LogP contribution in [-0.2, 0) is 14.4 Å². The lowest BCUT2D eigenvalue weighted by molar-refractivity contribution is -0.140. The number of rotatable bonds is 5. The van der Waals surface area contributed by atoms with Gasteiger partial charge in [-0.15, -0.1) is 0 Å². The van der Waals surface area contributed by atoms with Crippen LogP contribution in [0.25, 0.3) is 0 Å². The normalized spacial score (nSPS) is 11.7. The summed E-state index contributed by atoms with van der Waals surface area (Å²) in [5.74, 6) is -2.98. The molecule has 0 aliphatic rings. The first-order valence-electron chi connectivity index (χ1n) is 4.32. The van der Waals surface area contributed by atoms with E-state index in [1.807, 2.05) is 0 Å². The largest absolute Gasteiger partial charge is 0.481 e. The summed E-state index contributed by atoms with van der Waals surface area (Å²) >= 11 is 0. The van der Waals surface area contributed by atoms with E-state index in [-0.39, 0.29) is 0 Å². The molecule has 77 valence electrons. The second-order valence-electron chi connectivity index (χ2n) is 3.00. The fraction of sp³-hybridized carbons (Fsp3) is 0.182. The van der Waals surface area contributed by atoms with E-state index < -0.39 is 24.1 Å². The van der Waals surface area contributed by atoms with Gasteiger partial charge in [-0.25, -0.2) is 0 Å². The van der Waals surface area contributed by atoms with Gasteiger partial charge in [0.15, 0.2) is 5.78 Å². The molecule has 4 heteroatoms. The Morgan fingerprint density at radius 1 is 1.27 bits per heavy atom. The molecule has 0 saturated carbocycles. The number of ketones is 1. The minimum absolute atomic E-state index is 0.471. The molecule has 0 spiro atoms. The van der Waals surface area contributed by atoms with Crippen LogP contribution >= 0.6 is 0 Å². The zero-order valence-corrected chi connectivity index (χ0v) is 7.84. The highest BCUT2D eigenvalue weighted by atomic mass is 16.4. The molecule has 0 fully saturated rings. The molecule has 1 aromatic rings. The van der Waals surface area contributed by atoms with E-state index in [0.29, 0.717) is 5.56 Å². The molecule has 0 aliphatic heterocycles. The van der Waals surface area contributed by atoms with Gasteiger partial charge in [0.05, 0.1) is 0 Å². The molecule has 1 unspecified atom stereocenters. The third-order valence-electron chi connectivity index (χ3n) is 1.90. The molecule has 0 heterocycles. The monoisotopic (exact) mass is 205 g/mol.